The number of aromatic hydroxyl groups is 1. The molecule has 1 N–H and O–H groups in total. The zero-order valence-corrected chi connectivity index (χ0v) is 19.8. The first-order valence-electron chi connectivity index (χ1n) is 10.8. The number of carbonyl (C=O) groups excluding carboxylic acids is 2. The van der Waals surface area contributed by atoms with Crippen molar-refractivity contribution in [3.8, 4) is 11.5 Å². The van der Waals surface area contributed by atoms with Gasteiger partial charge in [0.25, 0.3) is 0 Å². The first kappa shape index (κ1) is 22.6. The van der Waals surface area contributed by atoms with Gasteiger partial charge in [0.2, 0.25) is 5.78 Å². The van der Waals surface area contributed by atoms with E-state index in [1.54, 1.807) is 19.1 Å². The molecule has 0 unspecified atom stereocenters. The van der Waals surface area contributed by atoms with E-state index in [2.05, 4.69) is 20.8 Å². The summed E-state index contributed by atoms with van der Waals surface area (Å²) in [7, 11) is 0. The molecule has 1 saturated heterocycles. The van der Waals surface area contributed by atoms with Gasteiger partial charge in [0.15, 0.2) is 5.76 Å². The second-order valence-corrected chi connectivity index (χ2v) is 9.01. The Kier molecular flexibility index (Phi) is 6.67. The lowest BCUT2D eigenvalue weighted by molar-refractivity contribution is -0.149. The Hall–Kier alpha value is -2.64. The molecular weight excluding hydrogens is 474 g/mol. The maximum atomic E-state index is 13.1. The number of nitrogens with zero attached hydrogens (tertiary/aromatic N) is 1. The molecule has 2 aromatic carbocycles. The first-order valence-corrected chi connectivity index (χ1v) is 11.6. The van der Waals surface area contributed by atoms with Crippen LogP contribution in [0.3, 0.4) is 0 Å². The number of phenols is 1. The van der Waals surface area contributed by atoms with Crippen LogP contribution in [0.25, 0.3) is 6.08 Å². The van der Waals surface area contributed by atoms with Gasteiger partial charge in [-0.05, 0) is 69.1 Å². The highest BCUT2D eigenvalue weighted by Crippen LogP contribution is 2.43. The highest BCUT2D eigenvalue weighted by molar-refractivity contribution is 9.10. The summed E-state index contributed by atoms with van der Waals surface area (Å²) < 4.78 is 12.0. The van der Waals surface area contributed by atoms with Crippen LogP contribution in [0.1, 0.15) is 46.8 Å². The highest BCUT2D eigenvalue weighted by atomic mass is 79.9. The Balaban J connectivity index is 1.57. The van der Waals surface area contributed by atoms with E-state index < -0.39 is 0 Å². The number of likely N-dealkylation sites (tertiary alicyclic amines) is 1. The fourth-order valence-electron chi connectivity index (χ4n) is 4.28. The number of aryl methyl sites for hydroxylation is 1. The number of Topliss-reactive ketones (excluding diaryl/α,β-unsaturated/α-hetero) is 1. The van der Waals surface area contributed by atoms with E-state index in [9.17, 15) is 14.7 Å². The number of fused-ring (bicyclic) bond motifs is 1. The standard InChI is InChI=1S/C25H26BrNO5/c1-3-31-25(30)16-8-10-27(11-9-16)14-18-20(28)12-15(2)22-23(29)21(32-24(18)22)13-17-6-4-5-7-19(17)26/h4-7,12-13,16,28H,3,8-11,14H2,1-2H3/b21-13+. The van der Waals surface area contributed by atoms with Crippen LogP contribution in [0.15, 0.2) is 40.6 Å². The topological polar surface area (TPSA) is 76.1 Å². The van der Waals surface area contributed by atoms with Crippen LogP contribution >= 0.6 is 15.9 Å². The number of rotatable bonds is 5. The third-order valence-electron chi connectivity index (χ3n) is 6.00. The Morgan fingerprint density at radius 3 is 2.72 bits per heavy atom. The minimum Gasteiger partial charge on any atom is -0.507 e. The number of hydrogen-bond donors (Lipinski definition) is 1. The van der Waals surface area contributed by atoms with Crippen molar-refractivity contribution in [2.45, 2.75) is 33.2 Å². The lowest BCUT2D eigenvalue weighted by Crippen LogP contribution is -2.36. The molecule has 1 fully saturated rings. The second-order valence-electron chi connectivity index (χ2n) is 8.16. The smallest absolute Gasteiger partial charge is 0.309 e. The molecule has 168 valence electrons. The average molecular weight is 500 g/mol. The van der Waals surface area contributed by atoms with Crippen molar-refractivity contribution in [2.24, 2.45) is 5.92 Å². The van der Waals surface area contributed by atoms with Crippen molar-refractivity contribution in [1.82, 2.24) is 4.90 Å². The van der Waals surface area contributed by atoms with Crippen molar-refractivity contribution in [3.05, 3.63) is 62.8 Å². The second kappa shape index (κ2) is 9.46. The van der Waals surface area contributed by atoms with Gasteiger partial charge in [-0.15, -0.1) is 0 Å². The molecule has 7 heteroatoms. The number of phenolic OH excluding ortho intramolecular Hbond substituents is 1. The third-order valence-corrected chi connectivity index (χ3v) is 6.72. The van der Waals surface area contributed by atoms with Crippen LogP contribution in [0.2, 0.25) is 0 Å². The fourth-order valence-corrected chi connectivity index (χ4v) is 4.68. The summed E-state index contributed by atoms with van der Waals surface area (Å²) in [6, 6.07) is 9.23. The SMILES string of the molecule is CCOC(=O)C1CCN(Cc2c(O)cc(C)c3c2O/C(=C/c2ccccc2Br)C3=O)CC1. The van der Waals surface area contributed by atoms with Gasteiger partial charge >= 0.3 is 5.97 Å². The molecule has 0 bridgehead atoms. The normalized spacial score (nSPS) is 18.0. The van der Waals surface area contributed by atoms with E-state index in [4.69, 9.17) is 9.47 Å². The molecular formula is C25H26BrNO5. The zero-order valence-electron chi connectivity index (χ0n) is 18.2. The van der Waals surface area contributed by atoms with Crippen molar-refractivity contribution in [3.63, 3.8) is 0 Å². The quantitative estimate of drug-likeness (QED) is 0.467. The van der Waals surface area contributed by atoms with Crippen LogP contribution < -0.4 is 4.74 Å². The van der Waals surface area contributed by atoms with Gasteiger partial charge in [-0.3, -0.25) is 14.5 Å². The van der Waals surface area contributed by atoms with Gasteiger partial charge in [-0.25, -0.2) is 0 Å². The van der Waals surface area contributed by atoms with Crippen LogP contribution in [0.5, 0.6) is 11.5 Å². The first-order chi connectivity index (χ1) is 15.4. The summed E-state index contributed by atoms with van der Waals surface area (Å²) in [5.74, 6) is 0.377. The summed E-state index contributed by atoms with van der Waals surface area (Å²) in [5, 5.41) is 10.7. The summed E-state index contributed by atoms with van der Waals surface area (Å²) >= 11 is 3.50. The Morgan fingerprint density at radius 1 is 1.31 bits per heavy atom. The van der Waals surface area contributed by atoms with Crippen LogP contribution in [0.4, 0.5) is 0 Å². The molecule has 4 rings (SSSR count). The van der Waals surface area contributed by atoms with Gasteiger partial charge in [0.1, 0.15) is 11.5 Å². The average Bonchev–Trinajstić information content (AvgIpc) is 3.10. The molecule has 2 aliphatic heterocycles. The lowest BCUT2D eigenvalue weighted by Gasteiger charge is -2.31. The largest absolute Gasteiger partial charge is 0.507 e. The van der Waals surface area contributed by atoms with E-state index in [1.165, 1.54) is 0 Å². The van der Waals surface area contributed by atoms with Crippen molar-refractivity contribution < 1.29 is 24.2 Å². The molecule has 2 aliphatic rings. The summed E-state index contributed by atoms with van der Waals surface area (Å²) in [6.45, 7) is 5.87. The van der Waals surface area contributed by atoms with Gasteiger partial charge in [-0.2, -0.15) is 0 Å². The predicted molar refractivity (Wildman–Crippen MR) is 125 cm³/mol. The van der Waals surface area contributed by atoms with Crippen molar-refractivity contribution in [2.75, 3.05) is 19.7 Å². The van der Waals surface area contributed by atoms with E-state index in [-0.39, 0.29) is 29.2 Å². The number of carbonyl (C=O) groups is 2. The Labute approximate surface area is 196 Å². The summed E-state index contributed by atoms with van der Waals surface area (Å²) in [4.78, 5) is 27.3. The molecule has 0 atom stereocenters. The molecule has 2 heterocycles. The number of allylic oxidation sites excluding steroid dienone is 1. The van der Waals surface area contributed by atoms with Gasteiger partial charge in [0, 0.05) is 11.0 Å². The van der Waals surface area contributed by atoms with Gasteiger partial charge in [-0.1, -0.05) is 34.1 Å². The van der Waals surface area contributed by atoms with Crippen molar-refractivity contribution >= 4 is 33.8 Å². The zero-order chi connectivity index (χ0) is 22.8. The number of halogens is 1. The molecule has 2 aromatic rings. The molecule has 0 spiro atoms. The monoisotopic (exact) mass is 499 g/mol. The fraction of sp³-hybridized carbons (Fsp3) is 0.360. The van der Waals surface area contributed by atoms with E-state index in [0.29, 0.717) is 61.5 Å². The number of piperidine rings is 1. The number of ether oxygens (including phenoxy) is 2. The number of ketones is 1. The van der Waals surface area contributed by atoms with E-state index in [0.717, 1.165) is 10.0 Å². The summed E-state index contributed by atoms with van der Waals surface area (Å²) in [6.07, 6.45) is 3.14. The van der Waals surface area contributed by atoms with Crippen LogP contribution in [-0.4, -0.2) is 41.5 Å². The summed E-state index contributed by atoms with van der Waals surface area (Å²) in [5.41, 5.74) is 2.62. The number of benzene rings is 2. The van der Waals surface area contributed by atoms with Gasteiger partial charge < -0.3 is 14.6 Å². The lowest BCUT2D eigenvalue weighted by atomic mass is 9.95. The minimum absolute atomic E-state index is 0.0831. The predicted octanol–water partition coefficient (Wildman–Crippen LogP) is 4.85. The van der Waals surface area contributed by atoms with Crippen LogP contribution in [0, 0.1) is 12.8 Å². The molecule has 0 amide bonds. The number of esters is 1. The molecule has 0 saturated carbocycles. The Bertz CT molecular complexity index is 1090. The van der Waals surface area contributed by atoms with Crippen molar-refractivity contribution in [1.29, 1.82) is 0 Å². The molecule has 0 aromatic heterocycles. The maximum absolute atomic E-state index is 13.1. The van der Waals surface area contributed by atoms with E-state index in [1.807, 2.05) is 31.2 Å². The molecule has 0 radical (unpaired) electrons. The third kappa shape index (κ3) is 4.45. The van der Waals surface area contributed by atoms with Crippen LogP contribution in [-0.2, 0) is 16.1 Å². The minimum atomic E-state index is -0.185. The number of hydrogen-bond acceptors (Lipinski definition) is 6. The molecule has 32 heavy (non-hydrogen) atoms. The molecule has 6 nitrogen and oxygen atoms in total. The maximum Gasteiger partial charge on any atom is 0.309 e. The van der Waals surface area contributed by atoms with E-state index >= 15 is 0 Å². The molecule has 0 aliphatic carbocycles. The van der Waals surface area contributed by atoms with Gasteiger partial charge in [0.05, 0.1) is 23.7 Å². The highest BCUT2D eigenvalue weighted by Gasteiger charge is 2.34. The Morgan fingerprint density at radius 2 is 2.03 bits per heavy atom.